The van der Waals surface area contributed by atoms with Gasteiger partial charge >= 0.3 is 0 Å². The van der Waals surface area contributed by atoms with Crippen molar-refractivity contribution in [2.45, 2.75) is 25.4 Å². The molecule has 1 aliphatic carbocycles. The first kappa shape index (κ1) is 10.6. The van der Waals surface area contributed by atoms with Gasteiger partial charge in [-0.1, -0.05) is 0 Å². The predicted octanol–water partition coefficient (Wildman–Crippen LogP) is 2.10. The van der Waals surface area contributed by atoms with Gasteiger partial charge in [-0.3, -0.25) is 14.9 Å². The quantitative estimate of drug-likeness (QED) is 0.578. The number of carbonyl (C=O) groups excluding carboxylic acids is 1. The van der Waals surface area contributed by atoms with Gasteiger partial charge < -0.3 is 4.74 Å². The average Bonchev–Trinajstić information content (AvgIpc) is 2.65. The van der Waals surface area contributed by atoms with Gasteiger partial charge in [-0.25, -0.2) is 0 Å². The molecule has 5 heteroatoms. The van der Waals surface area contributed by atoms with Crippen molar-refractivity contribution >= 4 is 11.5 Å². The van der Waals surface area contributed by atoms with E-state index in [4.69, 9.17) is 4.74 Å². The summed E-state index contributed by atoms with van der Waals surface area (Å²) in [6, 6.07) is 5.90. The molecule has 2 rings (SSSR count). The van der Waals surface area contributed by atoms with Crippen LogP contribution in [0.15, 0.2) is 24.3 Å². The third-order valence-corrected chi connectivity index (χ3v) is 2.55. The van der Waals surface area contributed by atoms with E-state index in [1.165, 1.54) is 12.1 Å². The SMILES string of the molecule is O=C1CCC(Oc2ccc([N+](=O)[O-])cc2)C1. The molecule has 16 heavy (non-hydrogen) atoms. The van der Waals surface area contributed by atoms with Crippen LogP contribution >= 0.6 is 0 Å². The smallest absolute Gasteiger partial charge is 0.269 e. The summed E-state index contributed by atoms with van der Waals surface area (Å²) in [4.78, 5) is 21.0. The van der Waals surface area contributed by atoms with Crippen molar-refractivity contribution in [3.63, 3.8) is 0 Å². The Morgan fingerprint density at radius 1 is 1.31 bits per heavy atom. The molecule has 0 saturated heterocycles. The van der Waals surface area contributed by atoms with Crippen LogP contribution in [0.25, 0.3) is 0 Å². The predicted molar refractivity (Wildman–Crippen MR) is 56.4 cm³/mol. The zero-order chi connectivity index (χ0) is 11.5. The van der Waals surface area contributed by atoms with E-state index in [9.17, 15) is 14.9 Å². The monoisotopic (exact) mass is 221 g/mol. The van der Waals surface area contributed by atoms with Crippen LogP contribution in [0.5, 0.6) is 5.75 Å². The Hall–Kier alpha value is -1.91. The van der Waals surface area contributed by atoms with E-state index in [1.54, 1.807) is 12.1 Å². The van der Waals surface area contributed by atoms with Crippen molar-refractivity contribution in [2.24, 2.45) is 0 Å². The molecule has 1 unspecified atom stereocenters. The van der Waals surface area contributed by atoms with Gasteiger partial charge in [0.1, 0.15) is 17.6 Å². The van der Waals surface area contributed by atoms with E-state index in [1.807, 2.05) is 0 Å². The molecule has 84 valence electrons. The van der Waals surface area contributed by atoms with Crippen LogP contribution in [0.1, 0.15) is 19.3 Å². The highest BCUT2D eigenvalue weighted by molar-refractivity contribution is 5.81. The Balaban J connectivity index is 2.00. The lowest BCUT2D eigenvalue weighted by Gasteiger charge is -2.11. The number of carbonyl (C=O) groups is 1. The van der Waals surface area contributed by atoms with Crippen molar-refractivity contribution in [1.29, 1.82) is 0 Å². The minimum Gasteiger partial charge on any atom is -0.490 e. The molecule has 1 aromatic rings. The van der Waals surface area contributed by atoms with Gasteiger partial charge in [0.05, 0.1) is 4.92 Å². The largest absolute Gasteiger partial charge is 0.490 e. The number of nitro benzene ring substituents is 1. The highest BCUT2D eigenvalue weighted by Crippen LogP contribution is 2.23. The second-order valence-electron chi connectivity index (χ2n) is 3.77. The van der Waals surface area contributed by atoms with Crippen LogP contribution in [0, 0.1) is 10.1 Å². The van der Waals surface area contributed by atoms with Crippen LogP contribution in [-0.2, 0) is 4.79 Å². The van der Waals surface area contributed by atoms with Crippen LogP contribution < -0.4 is 4.74 Å². The Kier molecular flexibility index (Phi) is 2.85. The summed E-state index contributed by atoms with van der Waals surface area (Å²) in [5, 5.41) is 10.4. The minimum absolute atomic E-state index is 0.0369. The molecule has 5 nitrogen and oxygen atoms in total. The molecule has 0 heterocycles. The highest BCUT2D eigenvalue weighted by Gasteiger charge is 2.23. The standard InChI is InChI=1S/C11H11NO4/c13-9-3-6-11(7-9)16-10-4-1-8(2-5-10)12(14)15/h1-2,4-5,11H,3,6-7H2. The normalized spacial score (nSPS) is 19.8. The number of hydrogen-bond donors (Lipinski definition) is 0. The van der Waals surface area contributed by atoms with Crippen molar-refractivity contribution in [3.8, 4) is 5.75 Å². The number of hydrogen-bond acceptors (Lipinski definition) is 4. The first-order chi connectivity index (χ1) is 7.65. The van der Waals surface area contributed by atoms with E-state index in [2.05, 4.69) is 0 Å². The number of rotatable bonds is 3. The van der Waals surface area contributed by atoms with Crippen molar-refractivity contribution in [1.82, 2.24) is 0 Å². The van der Waals surface area contributed by atoms with Gasteiger partial charge in [0.25, 0.3) is 5.69 Å². The summed E-state index contributed by atoms with van der Waals surface area (Å²) in [6.45, 7) is 0. The lowest BCUT2D eigenvalue weighted by atomic mass is 10.3. The van der Waals surface area contributed by atoms with Gasteiger partial charge in [-0.2, -0.15) is 0 Å². The van der Waals surface area contributed by atoms with E-state index >= 15 is 0 Å². The lowest BCUT2D eigenvalue weighted by molar-refractivity contribution is -0.384. The van der Waals surface area contributed by atoms with E-state index in [-0.39, 0.29) is 17.6 Å². The Morgan fingerprint density at radius 3 is 2.50 bits per heavy atom. The molecule has 0 amide bonds. The second kappa shape index (κ2) is 4.30. The number of benzene rings is 1. The average molecular weight is 221 g/mol. The molecular formula is C11H11NO4. The molecule has 0 spiro atoms. The van der Waals surface area contributed by atoms with Gasteiger partial charge in [-0.05, 0) is 18.6 Å². The lowest BCUT2D eigenvalue weighted by Crippen LogP contribution is -2.11. The summed E-state index contributed by atoms with van der Waals surface area (Å²) >= 11 is 0. The molecule has 0 N–H and O–H groups in total. The molecule has 0 radical (unpaired) electrons. The third kappa shape index (κ3) is 2.36. The fourth-order valence-corrected chi connectivity index (χ4v) is 1.72. The number of non-ortho nitro benzene ring substituents is 1. The summed E-state index contributed by atoms with van der Waals surface area (Å²) in [5.41, 5.74) is 0.0369. The summed E-state index contributed by atoms with van der Waals surface area (Å²) in [5.74, 6) is 0.789. The van der Waals surface area contributed by atoms with Crippen molar-refractivity contribution in [3.05, 3.63) is 34.4 Å². The van der Waals surface area contributed by atoms with Crippen LogP contribution in [-0.4, -0.2) is 16.8 Å². The number of nitrogens with zero attached hydrogens (tertiary/aromatic N) is 1. The third-order valence-electron chi connectivity index (χ3n) is 2.55. The molecule has 0 bridgehead atoms. The van der Waals surface area contributed by atoms with Crippen LogP contribution in [0.3, 0.4) is 0 Å². The molecule has 1 fully saturated rings. The molecule has 1 atom stereocenters. The minimum atomic E-state index is -0.455. The summed E-state index contributed by atoms with van der Waals surface area (Å²) < 4.78 is 5.54. The van der Waals surface area contributed by atoms with Crippen molar-refractivity contribution < 1.29 is 14.5 Å². The number of ether oxygens (including phenoxy) is 1. The van der Waals surface area contributed by atoms with Gasteiger partial charge in [0.2, 0.25) is 0 Å². The number of ketones is 1. The Morgan fingerprint density at radius 2 is 2.00 bits per heavy atom. The van der Waals surface area contributed by atoms with Gasteiger partial charge in [0, 0.05) is 25.0 Å². The molecule has 0 aromatic heterocycles. The second-order valence-corrected chi connectivity index (χ2v) is 3.77. The van der Waals surface area contributed by atoms with E-state index < -0.39 is 4.92 Å². The van der Waals surface area contributed by atoms with E-state index in [0.717, 1.165) is 6.42 Å². The first-order valence-electron chi connectivity index (χ1n) is 5.08. The van der Waals surface area contributed by atoms with E-state index in [0.29, 0.717) is 18.6 Å². The zero-order valence-corrected chi connectivity index (χ0v) is 8.59. The number of nitro groups is 1. The highest BCUT2D eigenvalue weighted by atomic mass is 16.6. The van der Waals surface area contributed by atoms with Gasteiger partial charge in [-0.15, -0.1) is 0 Å². The zero-order valence-electron chi connectivity index (χ0n) is 8.59. The molecule has 1 aromatic carbocycles. The fourth-order valence-electron chi connectivity index (χ4n) is 1.72. The van der Waals surface area contributed by atoms with Crippen LogP contribution in [0.4, 0.5) is 5.69 Å². The number of Topliss-reactive ketones (excluding diaryl/α,β-unsaturated/α-hetero) is 1. The summed E-state index contributed by atoms with van der Waals surface area (Å²) in [7, 11) is 0. The summed E-state index contributed by atoms with van der Waals surface area (Å²) in [6.07, 6.45) is 1.67. The Labute approximate surface area is 92.2 Å². The molecule has 1 aliphatic rings. The molecule has 1 saturated carbocycles. The maximum Gasteiger partial charge on any atom is 0.269 e. The maximum absolute atomic E-state index is 11.0. The topological polar surface area (TPSA) is 69.4 Å². The first-order valence-corrected chi connectivity index (χ1v) is 5.08. The van der Waals surface area contributed by atoms with Crippen LogP contribution in [0.2, 0.25) is 0 Å². The van der Waals surface area contributed by atoms with Crippen molar-refractivity contribution in [2.75, 3.05) is 0 Å². The molecular weight excluding hydrogens is 210 g/mol. The maximum atomic E-state index is 11.0. The Bertz CT molecular complexity index is 412. The molecule has 0 aliphatic heterocycles. The fraction of sp³-hybridized carbons (Fsp3) is 0.364. The van der Waals surface area contributed by atoms with Gasteiger partial charge in [0.15, 0.2) is 0 Å².